The number of para-hydroxylation sites is 1. The highest BCUT2D eigenvalue weighted by Gasteiger charge is 2.09. The number of anilines is 1. The van der Waals surface area contributed by atoms with Crippen molar-refractivity contribution in [2.45, 2.75) is 18.1 Å². The first-order chi connectivity index (χ1) is 15.6. The van der Waals surface area contributed by atoms with E-state index in [1.165, 1.54) is 22.7 Å². The maximum absolute atomic E-state index is 12.4. The Bertz CT molecular complexity index is 1210. The predicted molar refractivity (Wildman–Crippen MR) is 128 cm³/mol. The molecule has 0 saturated carbocycles. The Hall–Kier alpha value is -3.52. The lowest BCUT2D eigenvalue weighted by atomic mass is 10.2. The molecule has 0 unspecified atom stereocenters. The van der Waals surface area contributed by atoms with Gasteiger partial charge in [-0.15, -0.1) is 0 Å². The van der Waals surface area contributed by atoms with E-state index >= 15 is 0 Å². The summed E-state index contributed by atoms with van der Waals surface area (Å²) in [5.74, 6) is 0.0300. The van der Waals surface area contributed by atoms with Crippen molar-refractivity contribution in [1.29, 1.82) is 0 Å². The first-order valence-corrected chi connectivity index (χ1v) is 11.4. The zero-order valence-corrected chi connectivity index (χ0v) is 18.6. The van der Waals surface area contributed by atoms with Crippen molar-refractivity contribution in [2.75, 3.05) is 17.6 Å². The van der Waals surface area contributed by atoms with E-state index in [4.69, 9.17) is 0 Å². The summed E-state index contributed by atoms with van der Waals surface area (Å²) < 4.78 is 4.07. The van der Waals surface area contributed by atoms with Gasteiger partial charge in [-0.25, -0.2) is 4.98 Å². The molecule has 164 valence electrons. The molecule has 2 N–H and O–H groups in total. The lowest BCUT2D eigenvalue weighted by Crippen LogP contribution is -2.25. The minimum atomic E-state index is -0.120. The maximum Gasteiger partial charge on any atom is 0.251 e. The first kappa shape index (κ1) is 21.7. The van der Waals surface area contributed by atoms with Gasteiger partial charge in [0.2, 0.25) is 5.91 Å². The van der Waals surface area contributed by atoms with Gasteiger partial charge in [0.1, 0.15) is 0 Å². The lowest BCUT2D eigenvalue weighted by Gasteiger charge is -2.09. The molecule has 0 atom stereocenters. The molecular weight excluding hydrogens is 422 g/mol. The molecule has 0 aliphatic heterocycles. The molecule has 2 aromatic heterocycles. The molecule has 8 heteroatoms. The van der Waals surface area contributed by atoms with E-state index in [-0.39, 0.29) is 17.6 Å². The number of hydrogen-bond donors (Lipinski definition) is 2. The number of nitrogens with one attached hydrogen (secondary N) is 2. The summed E-state index contributed by atoms with van der Waals surface area (Å²) >= 11 is 1.37. The molecule has 0 spiro atoms. The summed E-state index contributed by atoms with van der Waals surface area (Å²) in [7, 11) is 1.89. The van der Waals surface area contributed by atoms with Crippen LogP contribution in [0, 0.1) is 0 Å². The number of nitrogens with zero attached hydrogens (tertiary/aromatic N) is 3. The summed E-state index contributed by atoms with van der Waals surface area (Å²) in [4.78, 5) is 28.7. The Morgan fingerprint density at radius 3 is 2.62 bits per heavy atom. The molecule has 0 aliphatic carbocycles. The quantitative estimate of drug-likeness (QED) is 0.301. The van der Waals surface area contributed by atoms with Crippen molar-refractivity contribution in [3.8, 4) is 0 Å². The highest BCUT2D eigenvalue weighted by atomic mass is 32.2. The molecule has 7 nitrogen and oxygen atoms in total. The van der Waals surface area contributed by atoms with Crippen LogP contribution in [0.15, 0.2) is 78.3 Å². The van der Waals surface area contributed by atoms with Crippen molar-refractivity contribution in [2.24, 2.45) is 7.05 Å². The summed E-state index contributed by atoms with van der Waals surface area (Å²) in [5, 5.41) is 7.81. The van der Waals surface area contributed by atoms with E-state index in [0.717, 1.165) is 18.1 Å². The van der Waals surface area contributed by atoms with Crippen molar-refractivity contribution >= 4 is 40.2 Å². The van der Waals surface area contributed by atoms with Gasteiger partial charge in [0.25, 0.3) is 5.91 Å². The number of aromatic nitrogens is 3. The van der Waals surface area contributed by atoms with E-state index in [1.54, 1.807) is 30.5 Å². The van der Waals surface area contributed by atoms with Crippen LogP contribution in [-0.2, 0) is 18.4 Å². The predicted octanol–water partition coefficient (Wildman–Crippen LogP) is 3.93. The molecule has 4 aromatic rings. The Balaban J connectivity index is 1.20. The van der Waals surface area contributed by atoms with E-state index in [0.29, 0.717) is 17.8 Å². The number of aryl methyl sites for hydroxylation is 2. The third-order valence-corrected chi connectivity index (χ3v) is 6.14. The Labute approximate surface area is 190 Å². The molecule has 0 saturated heterocycles. The fourth-order valence-corrected chi connectivity index (χ4v) is 4.14. The van der Waals surface area contributed by atoms with Crippen LogP contribution in [0.2, 0.25) is 0 Å². The topological polar surface area (TPSA) is 80.9 Å². The zero-order chi connectivity index (χ0) is 22.3. The third-order valence-electron chi connectivity index (χ3n) is 5.08. The van der Waals surface area contributed by atoms with E-state index in [1.807, 2.05) is 29.9 Å². The third kappa shape index (κ3) is 5.39. The van der Waals surface area contributed by atoms with Gasteiger partial charge in [-0.3, -0.25) is 9.59 Å². The van der Waals surface area contributed by atoms with Crippen molar-refractivity contribution < 1.29 is 9.59 Å². The average Bonchev–Trinajstić information content (AvgIpc) is 3.41. The number of hydrogen-bond acceptors (Lipinski definition) is 4. The smallest absolute Gasteiger partial charge is 0.251 e. The number of benzene rings is 2. The number of thioether (sulfide) groups is 1. The normalized spacial score (nSPS) is 10.9. The number of amides is 2. The number of carbonyl (C=O) groups is 2. The Morgan fingerprint density at radius 1 is 1.03 bits per heavy atom. The van der Waals surface area contributed by atoms with Gasteiger partial charge in [-0.05, 0) is 48.2 Å². The number of rotatable bonds is 9. The summed E-state index contributed by atoms with van der Waals surface area (Å²) in [6, 6.07) is 17.3. The number of carbonyl (C=O) groups excluding carboxylic acids is 2. The molecule has 0 fully saturated rings. The van der Waals surface area contributed by atoms with Crippen LogP contribution in [0.4, 0.5) is 5.69 Å². The van der Waals surface area contributed by atoms with Gasteiger partial charge < -0.3 is 19.8 Å². The second kappa shape index (κ2) is 10.2. The van der Waals surface area contributed by atoms with Crippen LogP contribution in [0.25, 0.3) is 10.9 Å². The molecular formula is C24H25N5O2S. The van der Waals surface area contributed by atoms with Crippen LogP contribution < -0.4 is 10.6 Å². The number of fused-ring (bicyclic) bond motifs is 1. The molecule has 2 aromatic carbocycles. The fraction of sp³-hybridized carbons (Fsp3) is 0.208. The maximum atomic E-state index is 12.4. The monoisotopic (exact) mass is 447 g/mol. The molecule has 0 aliphatic rings. The number of imidazole rings is 1. The first-order valence-electron chi connectivity index (χ1n) is 10.4. The summed E-state index contributed by atoms with van der Waals surface area (Å²) in [6.45, 7) is 1.43. The highest BCUT2D eigenvalue weighted by Crippen LogP contribution is 2.16. The summed E-state index contributed by atoms with van der Waals surface area (Å²) in [5.41, 5.74) is 2.43. The van der Waals surface area contributed by atoms with Gasteiger partial charge in [0.05, 0.1) is 5.75 Å². The Morgan fingerprint density at radius 2 is 1.84 bits per heavy atom. The van der Waals surface area contributed by atoms with Gasteiger partial charge in [0, 0.05) is 55.5 Å². The Kier molecular flexibility index (Phi) is 6.91. The molecule has 2 amide bonds. The molecule has 4 rings (SSSR count). The van der Waals surface area contributed by atoms with Crippen LogP contribution in [-0.4, -0.2) is 38.2 Å². The zero-order valence-electron chi connectivity index (χ0n) is 17.8. The van der Waals surface area contributed by atoms with E-state index < -0.39 is 0 Å². The summed E-state index contributed by atoms with van der Waals surface area (Å²) in [6.07, 6.45) is 6.46. The molecule has 0 radical (unpaired) electrons. The minimum Gasteiger partial charge on any atom is -0.352 e. The van der Waals surface area contributed by atoms with E-state index in [2.05, 4.69) is 44.6 Å². The van der Waals surface area contributed by atoms with Crippen molar-refractivity contribution in [3.63, 3.8) is 0 Å². The lowest BCUT2D eigenvalue weighted by molar-refractivity contribution is -0.113. The van der Waals surface area contributed by atoms with Crippen LogP contribution in [0.5, 0.6) is 0 Å². The minimum absolute atomic E-state index is 0.118. The van der Waals surface area contributed by atoms with Gasteiger partial charge in [0.15, 0.2) is 5.16 Å². The second-order valence-corrected chi connectivity index (χ2v) is 8.35. The fourth-order valence-electron chi connectivity index (χ4n) is 3.41. The largest absolute Gasteiger partial charge is 0.352 e. The van der Waals surface area contributed by atoms with Gasteiger partial charge in [-0.2, -0.15) is 0 Å². The van der Waals surface area contributed by atoms with Gasteiger partial charge in [-0.1, -0.05) is 30.0 Å². The standard InChI is InChI=1S/C24H25N5O2S/c1-28-16-13-26-24(28)32-17-22(30)27-20-9-7-19(8-10-20)23(31)25-12-4-14-29-15-11-18-5-2-3-6-21(18)29/h2-3,5-11,13,15-16H,4,12,14,17H2,1H3,(H,25,31)(H,27,30). The molecule has 2 heterocycles. The molecule has 32 heavy (non-hydrogen) atoms. The van der Waals surface area contributed by atoms with Crippen LogP contribution in [0.1, 0.15) is 16.8 Å². The van der Waals surface area contributed by atoms with Crippen LogP contribution in [0.3, 0.4) is 0 Å². The van der Waals surface area contributed by atoms with Crippen molar-refractivity contribution in [1.82, 2.24) is 19.4 Å². The molecule has 0 bridgehead atoms. The van der Waals surface area contributed by atoms with Crippen LogP contribution >= 0.6 is 11.8 Å². The highest BCUT2D eigenvalue weighted by molar-refractivity contribution is 7.99. The van der Waals surface area contributed by atoms with Crippen molar-refractivity contribution in [3.05, 3.63) is 78.8 Å². The van der Waals surface area contributed by atoms with Gasteiger partial charge >= 0.3 is 0 Å². The SMILES string of the molecule is Cn1ccnc1SCC(=O)Nc1ccc(C(=O)NCCCn2ccc3ccccc32)cc1. The second-order valence-electron chi connectivity index (χ2n) is 7.41. The average molecular weight is 448 g/mol. The van der Waals surface area contributed by atoms with E-state index in [9.17, 15) is 9.59 Å².